The minimum Gasteiger partial charge on any atom is -0.269 e. The van der Waals surface area contributed by atoms with Gasteiger partial charge in [0.15, 0.2) is 0 Å². The molecule has 0 fully saturated rings. The first-order chi connectivity index (χ1) is 5.70. The van der Waals surface area contributed by atoms with Crippen LogP contribution < -0.4 is 0 Å². The van der Waals surface area contributed by atoms with Gasteiger partial charge in [0.2, 0.25) is 0 Å². The number of carbonyl (C=O) groups excluding carboxylic acids is 2. The van der Waals surface area contributed by atoms with Crippen molar-refractivity contribution < 1.29 is 9.59 Å². The van der Waals surface area contributed by atoms with Crippen molar-refractivity contribution in [2.75, 3.05) is 0 Å². The Morgan fingerprint density at radius 2 is 2.00 bits per heavy atom. The number of amides is 2. The van der Waals surface area contributed by atoms with Gasteiger partial charge in [-0.25, -0.2) is 4.90 Å². The summed E-state index contributed by atoms with van der Waals surface area (Å²) in [6.07, 6.45) is 3.03. The summed E-state index contributed by atoms with van der Waals surface area (Å²) in [7, 11) is 0. The van der Waals surface area contributed by atoms with Crippen molar-refractivity contribution in [1.82, 2.24) is 4.90 Å². The molecule has 4 heteroatoms. The van der Waals surface area contributed by atoms with Crippen LogP contribution >= 0.6 is 11.6 Å². The summed E-state index contributed by atoms with van der Waals surface area (Å²) < 4.78 is 0. The van der Waals surface area contributed by atoms with Crippen molar-refractivity contribution >= 4 is 23.4 Å². The second kappa shape index (κ2) is 3.54. The second-order valence-electron chi connectivity index (χ2n) is 2.30. The zero-order valence-corrected chi connectivity index (χ0v) is 7.34. The molecule has 1 heterocycles. The molecule has 0 saturated heterocycles. The molecule has 1 aliphatic heterocycles. The Balaban J connectivity index is 2.89. The summed E-state index contributed by atoms with van der Waals surface area (Å²) in [6, 6.07) is 0. The molecule has 0 radical (unpaired) electrons. The van der Waals surface area contributed by atoms with Gasteiger partial charge in [-0.15, -0.1) is 0 Å². The lowest BCUT2D eigenvalue weighted by atomic mass is 10.3. The molecule has 0 unspecified atom stereocenters. The Kier molecular flexibility index (Phi) is 2.65. The summed E-state index contributed by atoms with van der Waals surface area (Å²) in [5.41, 5.74) is 1.78. The molecule has 0 saturated carbocycles. The van der Waals surface area contributed by atoms with Crippen LogP contribution in [-0.4, -0.2) is 16.7 Å². The number of hydrogen-bond donors (Lipinski definition) is 0. The number of nitrogens with zero attached hydrogens (tertiary/aromatic N) is 1. The lowest BCUT2D eigenvalue weighted by Gasteiger charge is -2.14. The van der Waals surface area contributed by atoms with E-state index < -0.39 is 0 Å². The molecule has 3 nitrogen and oxygen atoms in total. The van der Waals surface area contributed by atoms with E-state index in [1.165, 1.54) is 17.7 Å². The van der Waals surface area contributed by atoms with Crippen molar-refractivity contribution in [3.63, 3.8) is 0 Å². The summed E-state index contributed by atoms with van der Waals surface area (Å²) >= 11 is 5.44. The molecule has 1 rings (SSSR count). The summed E-state index contributed by atoms with van der Waals surface area (Å²) in [4.78, 5) is 23.2. The molecule has 0 aromatic heterocycles. The highest BCUT2D eigenvalue weighted by Crippen LogP contribution is 2.15. The Labute approximate surface area is 75.3 Å². The first-order valence-electron chi connectivity index (χ1n) is 3.56. The fraction of sp³-hybridized carbons (Fsp3) is 0.250. The molecule has 0 bridgehead atoms. The molecule has 2 amide bonds. The summed E-state index contributed by atoms with van der Waals surface area (Å²) in [5.74, 6) is -0.650. The quantitative estimate of drug-likeness (QED) is 0.610. The first kappa shape index (κ1) is 9.00. The highest BCUT2D eigenvalue weighted by Gasteiger charge is 2.25. The molecule has 0 aromatic carbocycles. The van der Waals surface area contributed by atoms with Crippen LogP contribution in [0.2, 0.25) is 0 Å². The van der Waals surface area contributed by atoms with Gasteiger partial charge in [-0.2, -0.15) is 0 Å². The number of imide groups is 1. The third-order valence-corrected chi connectivity index (χ3v) is 1.84. The Morgan fingerprint density at radius 3 is 2.33 bits per heavy atom. The average Bonchev–Trinajstić information content (AvgIpc) is 2.38. The van der Waals surface area contributed by atoms with Gasteiger partial charge in [-0.3, -0.25) is 9.59 Å². The minimum atomic E-state index is -0.325. The van der Waals surface area contributed by atoms with Crippen LogP contribution in [0.15, 0.2) is 23.4 Å². The van der Waals surface area contributed by atoms with E-state index in [-0.39, 0.29) is 11.8 Å². The van der Waals surface area contributed by atoms with Crippen LogP contribution in [0.5, 0.6) is 0 Å². The van der Waals surface area contributed by atoms with Crippen molar-refractivity contribution in [1.29, 1.82) is 0 Å². The van der Waals surface area contributed by atoms with Crippen LogP contribution in [0, 0.1) is 0 Å². The molecule has 0 aromatic rings. The van der Waals surface area contributed by atoms with E-state index in [1.807, 2.05) is 6.92 Å². The largest absolute Gasteiger partial charge is 0.269 e. The Bertz CT molecular complexity index is 263. The number of rotatable bonds is 2. The zero-order chi connectivity index (χ0) is 9.14. The third-order valence-electron chi connectivity index (χ3n) is 1.58. The van der Waals surface area contributed by atoms with Crippen molar-refractivity contribution in [2.24, 2.45) is 0 Å². The van der Waals surface area contributed by atoms with E-state index in [1.54, 1.807) is 0 Å². The smallest absolute Gasteiger partial charge is 0.257 e. The number of carbonyl (C=O) groups is 2. The van der Waals surface area contributed by atoms with Gasteiger partial charge in [0.25, 0.3) is 11.8 Å². The molecule has 0 N–H and O–H groups in total. The average molecular weight is 186 g/mol. The van der Waals surface area contributed by atoms with E-state index in [0.29, 0.717) is 12.1 Å². The summed E-state index contributed by atoms with van der Waals surface area (Å²) in [5, 5.41) is 0. The maximum Gasteiger partial charge on any atom is 0.257 e. The van der Waals surface area contributed by atoms with Crippen LogP contribution in [0.4, 0.5) is 0 Å². The van der Waals surface area contributed by atoms with Gasteiger partial charge in [0.05, 0.1) is 0 Å². The minimum absolute atomic E-state index is 0.325. The monoisotopic (exact) mass is 185 g/mol. The van der Waals surface area contributed by atoms with E-state index in [9.17, 15) is 9.59 Å². The van der Waals surface area contributed by atoms with E-state index >= 15 is 0 Å². The van der Waals surface area contributed by atoms with Crippen molar-refractivity contribution in [3.05, 3.63) is 23.4 Å². The van der Waals surface area contributed by atoms with Gasteiger partial charge in [-0.05, 0) is 6.42 Å². The fourth-order valence-electron chi connectivity index (χ4n) is 0.967. The summed E-state index contributed by atoms with van der Waals surface area (Å²) in [6.45, 7) is 1.83. The van der Waals surface area contributed by atoms with Crippen LogP contribution in [0.1, 0.15) is 13.3 Å². The molecule has 0 atom stereocenters. The number of hydrogen-bond acceptors (Lipinski definition) is 2. The van der Waals surface area contributed by atoms with E-state index in [2.05, 4.69) is 0 Å². The van der Waals surface area contributed by atoms with Gasteiger partial charge < -0.3 is 0 Å². The topological polar surface area (TPSA) is 37.4 Å². The van der Waals surface area contributed by atoms with Crippen LogP contribution in [0.25, 0.3) is 0 Å². The lowest BCUT2D eigenvalue weighted by Crippen LogP contribution is -2.28. The molecule has 1 aliphatic rings. The van der Waals surface area contributed by atoms with Gasteiger partial charge in [0.1, 0.15) is 0 Å². The predicted octanol–water partition coefficient (Wildman–Crippen LogP) is 1.40. The fourth-order valence-corrected chi connectivity index (χ4v) is 1.22. The lowest BCUT2D eigenvalue weighted by molar-refractivity contribution is -0.134. The normalized spacial score (nSPS) is 17.8. The first-order valence-corrected chi connectivity index (χ1v) is 3.99. The Morgan fingerprint density at radius 1 is 1.50 bits per heavy atom. The highest BCUT2D eigenvalue weighted by atomic mass is 35.5. The molecule has 0 spiro atoms. The van der Waals surface area contributed by atoms with Gasteiger partial charge in [0, 0.05) is 23.4 Å². The van der Waals surface area contributed by atoms with Crippen molar-refractivity contribution in [2.45, 2.75) is 13.3 Å². The molecule has 12 heavy (non-hydrogen) atoms. The second-order valence-corrected chi connectivity index (χ2v) is 2.52. The molecular formula is C8H8ClNO2. The molecular weight excluding hydrogens is 178 g/mol. The zero-order valence-electron chi connectivity index (χ0n) is 6.58. The van der Waals surface area contributed by atoms with Crippen LogP contribution in [-0.2, 0) is 9.59 Å². The molecule has 64 valence electrons. The van der Waals surface area contributed by atoms with E-state index in [0.717, 1.165) is 4.90 Å². The Hall–Kier alpha value is -1.09. The molecule has 0 aliphatic carbocycles. The van der Waals surface area contributed by atoms with Crippen molar-refractivity contribution in [3.8, 4) is 0 Å². The highest BCUT2D eigenvalue weighted by molar-refractivity contribution is 6.26. The van der Waals surface area contributed by atoms with Gasteiger partial charge in [-0.1, -0.05) is 18.5 Å². The number of halogens is 1. The standard InChI is InChI=1S/C8H8ClNO2/c1-2-6(5-9)10-7(11)3-4-8(10)12/h3-5H,2H2,1H3. The third kappa shape index (κ3) is 1.41. The van der Waals surface area contributed by atoms with Gasteiger partial charge >= 0.3 is 0 Å². The van der Waals surface area contributed by atoms with E-state index in [4.69, 9.17) is 11.6 Å². The van der Waals surface area contributed by atoms with Crippen LogP contribution in [0.3, 0.4) is 0 Å². The SMILES string of the molecule is CCC(=CCl)N1C(=O)C=CC1=O. The number of allylic oxidation sites excluding steroid dienone is 1. The maximum absolute atomic E-state index is 11.1. The maximum atomic E-state index is 11.1. The predicted molar refractivity (Wildman–Crippen MR) is 45.2 cm³/mol.